The van der Waals surface area contributed by atoms with Crippen molar-refractivity contribution < 1.29 is 23.8 Å². The zero-order valence-electron chi connectivity index (χ0n) is 14.6. The number of benzene rings is 1. The second-order valence-corrected chi connectivity index (χ2v) is 7.41. The van der Waals surface area contributed by atoms with Crippen molar-refractivity contribution in [2.24, 2.45) is 0 Å². The van der Waals surface area contributed by atoms with Gasteiger partial charge in [-0.3, -0.25) is 4.90 Å². The molecule has 0 fully saturated rings. The van der Waals surface area contributed by atoms with Crippen molar-refractivity contribution in [3.05, 3.63) is 33.8 Å². The van der Waals surface area contributed by atoms with Crippen molar-refractivity contribution in [3.8, 4) is 17.6 Å². The van der Waals surface area contributed by atoms with Gasteiger partial charge in [-0.05, 0) is 12.1 Å². The van der Waals surface area contributed by atoms with E-state index in [1.807, 2.05) is 6.07 Å². The molecule has 1 aromatic carbocycles. The number of hydrogen-bond acceptors (Lipinski definition) is 8. The van der Waals surface area contributed by atoms with E-state index in [0.29, 0.717) is 16.0 Å². The van der Waals surface area contributed by atoms with Crippen molar-refractivity contribution in [2.45, 2.75) is 0 Å². The number of methoxy groups -OCH3 is 1. The molecule has 29 heavy (non-hydrogen) atoms. The number of anilines is 3. The van der Waals surface area contributed by atoms with Crippen molar-refractivity contribution in [2.75, 3.05) is 24.1 Å². The van der Waals surface area contributed by atoms with Crippen molar-refractivity contribution >= 4 is 62.2 Å². The third kappa shape index (κ3) is 2.35. The Labute approximate surface area is 172 Å². The average molecular weight is 429 g/mol. The molecule has 2 aliphatic rings. The number of carbonyl (C=O) groups excluding carboxylic acids is 2. The lowest BCUT2D eigenvalue weighted by Crippen LogP contribution is -2.35. The van der Waals surface area contributed by atoms with Crippen LogP contribution < -0.4 is 19.7 Å². The molecule has 0 spiro atoms. The van der Waals surface area contributed by atoms with Crippen LogP contribution in [0.3, 0.4) is 0 Å². The zero-order valence-corrected chi connectivity index (χ0v) is 16.2. The first-order valence-electron chi connectivity index (χ1n) is 8.18. The fraction of sp³-hybridized carbons (Fsp3) is 0.111. The highest BCUT2D eigenvalue weighted by Crippen LogP contribution is 2.53. The summed E-state index contributed by atoms with van der Waals surface area (Å²) in [5.41, 5.74) is 0.877. The van der Waals surface area contributed by atoms with Gasteiger partial charge in [0.2, 0.25) is 6.79 Å². The highest BCUT2D eigenvalue weighted by atomic mass is 35.5. The number of rotatable bonds is 2. The standard InChI is InChI=1S/C18H9ClN4O5S/c1-26-17(24)15-11-10-12(7(4-20)5-21-16(10)29-15)23(18(25)22-11)13-8(19)2-3-9-14(13)28-6-27-9/h2-3,5H,6H2,1H3,(H,22,25). The lowest BCUT2D eigenvalue weighted by atomic mass is 10.1. The van der Waals surface area contributed by atoms with Crippen LogP contribution in [0.4, 0.5) is 21.9 Å². The number of hydrogen-bond donors (Lipinski definition) is 1. The number of ether oxygens (including phenoxy) is 3. The van der Waals surface area contributed by atoms with Gasteiger partial charge in [0.15, 0.2) is 11.5 Å². The van der Waals surface area contributed by atoms with E-state index < -0.39 is 12.0 Å². The Morgan fingerprint density at radius 1 is 1.41 bits per heavy atom. The summed E-state index contributed by atoms with van der Waals surface area (Å²) in [6.45, 7) is -0.0226. The van der Waals surface area contributed by atoms with Gasteiger partial charge in [0.25, 0.3) is 0 Å². The summed E-state index contributed by atoms with van der Waals surface area (Å²) >= 11 is 7.47. The Bertz CT molecular complexity index is 1280. The molecule has 0 saturated carbocycles. The van der Waals surface area contributed by atoms with Gasteiger partial charge in [0.05, 0.1) is 34.5 Å². The van der Waals surface area contributed by atoms with Gasteiger partial charge in [-0.15, -0.1) is 11.3 Å². The number of thiophene rings is 1. The van der Waals surface area contributed by atoms with Crippen LogP contribution in [0.15, 0.2) is 18.3 Å². The Hall–Kier alpha value is -3.55. The molecular formula is C18H9ClN4O5S. The highest BCUT2D eigenvalue weighted by Gasteiger charge is 2.38. The maximum absolute atomic E-state index is 13.2. The fourth-order valence-electron chi connectivity index (χ4n) is 3.34. The Balaban J connectivity index is 1.87. The minimum atomic E-state index is -0.615. The molecule has 0 aliphatic carbocycles. The first-order valence-corrected chi connectivity index (χ1v) is 9.37. The second kappa shape index (κ2) is 6.23. The molecule has 0 radical (unpaired) electrons. The smallest absolute Gasteiger partial charge is 0.350 e. The monoisotopic (exact) mass is 428 g/mol. The summed E-state index contributed by atoms with van der Waals surface area (Å²) in [7, 11) is 1.25. The topological polar surface area (TPSA) is 114 Å². The summed E-state index contributed by atoms with van der Waals surface area (Å²) in [4.78, 5) is 31.5. The fourth-order valence-corrected chi connectivity index (χ4v) is 4.59. The first kappa shape index (κ1) is 17.5. The molecule has 11 heteroatoms. The minimum Gasteiger partial charge on any atom is -0.465 e. The molecule has 5 rings (SSSR count). The van der Waals surface area contributed by atoms with E-state index in [1.165, 1.54) is 18.2 Å². The minimum absolute atomic E-state index is 0.0226. The number of carbonyl (C=O) groups is 2. The number of fused-ring (bicyclic) bond motifs is 1. The highest BCUT2D eigenvalue weighted by molar-refractivity contribution is 7.21. The summed E-state index contributed by atoms with van der Waals surface area (Å²) in [5.74, 6) is 0.0947. The second-order valence-electron chi connectivity index (χ2n) is 6.01. The maximum Gasteiger partial charge on any atom is 0.350 e. The number of aromatic nitrogens is 1. The number of nitriles is 1. The van der Waals surface area contributed by atoms with Crippen molar-refractivity contribution in [3.63, 3.8) is 0 Å². The molecule has 144 valence electrons. The average Bonchev–Trinajstić information content (AvgIpc) is 3.34. The van der Waals surface area contributed by atoms with Gasteiger partial charge in [-0.25, -0.2) is 14.6 Å². The van der Waals surface area contributed by atoms with Crippen molar-refractivity contribution in [1.29, 1.82) is 5.26 Å². The number of amides is 2. The summed E-state index contributed by atoms with van der Waals surface area (Å²) in [6.07, 6.45) is 1.35. The summed E-state index contributed by atoms with van der Waals surface area (Å²) in [6, 6.07) is 4.64. The van der Waals surface area contributed by atoms with E-state index in [-0.39, 0.29) is 45.1 Å². The van der Waals surface area contributed by atoms with Crippen LogP contribution in [0.2, 0.25) is 5.02 Å². The molecule has 0 saturated heterocycles. The van der Waals surface area contributed by atoms with Gasteiger partial charge in [-0.1, -0.05) is 11.6 Å². The lowest BCUT2D eigenvalue weighted by molar-refractivity contribution is 0.0607. The van der Waals surface area contributed by atoms with E-state index in [9.17, 15) is 14.9 Å². The van der Waals surface area contributed by atoms with Crippen LogP contribution in [-0.4, -0.2) is 30.9 Å². The summed E-state index contributed by atoms with van der Waals surface area (Å²) < 4.78 is 15.7. The third-order valence-electron chi connectivity index (χ3n) is 4.53. The number of pyridine rings is 1. The molecule has 2 aliphatic heterocycles. The molecule has 2 amide bonds. The van der Waals surface area contributed by atoms with Crippen LogP contribution in [0.1, 0.15) is 15.2 Å². The SMILES string of the molecule is COC(=O)c1sc2ncc(C#N)c3c2c1NC(=O)N3c1c(Cl)ccc2c1OCO2. The van der Waals surface area contributed by atoms with Crippen LogP contribution in [0, 0.1) is 11.3 Å². The molecule has 0 atom stereocenters. The first-order chi connectivity index (χ1) is 14.0. The number of halogens is 1. The van der Waals surface area contributed by atoms with Crippen LogP contribution in [0.25, 0.3) is 10.2 Å². The molecule has 3 aromatic rings. The van der Waals surface area contributed by atoms with Gasteiger partial charge in [0, 0.05) is 6.20 Å². The maximum atomic E-state index is 13.2. The van der Waals surface area contributed by atoms with Gasteiger partial charge in [0.1, 0.15) is 21.5 Å². The molecule has 0 bridgehead atoms. The lowest BCUT2D eigenvalue weighted by Gasteiger charge is -2.30. The van der Waals surface area contributed by atoms with Crippen LogP contribution >= 0.6 is 22.9 Å². The number of nitrogens with zero attached hydrogens (tertiary/aromatic N) is 3. The third-order valence-corrected chi connectivity index (χ3v) is 5.91. The molecule has 4 heterocycles. The summed E-state index contributed by atoms with van der Waals surface area (Å²) in [5, 5.41) is 13.0. The van der Waals surface area contributed by atoms with E-state index in [0.717, 1.165) is 11.3 Å². The number of esters is 1. The van der Waals surface area contributed by atoms with Gasteiger partial charge < -0.3 is 19.5 Å². The van der Waals surface area contributed by atoms with Crippen molar-refractivity contribution in [1.82, 2.24) is 4.98 Å². The number of urea groups is 1. The largest absolute Gasteiger partial charge is 0.465 e. The van der Waals surface area contributed by atoms with E-state index in [4.69, 9.17) is 25.8 Å². The predicted molar refractivity (Wildman–Crippen MR) is 104 cm³/mol. The van der Waals surface area contributed by atoms with Crippen LogP contribution in [-0.2, 0) is 4.74 Å². The molecule has 0 unspecified atom stereocenters. The van der Waals surface area contributed by atoms with E-state index in [2.05, 4.69) is 10.3 Å². The van der Waals surface area contributed by atoms with Gasteiger partial charge in [-0.2, -0.15) is 5.26 Å². The zero-order chi connectivity index (χ0) is 20.3. The normalized spacial score (nSPS) is 14.0. The molecular weight excluding hydrogens is 420 g/mol. The Kier molecular flexibility index (Phi) is 3.77. The molecule has 2 aromatic heterocycles. The molecule has 9 nitrogen and oxygen atoms in total. The Morgan fingerprint density at radius 3 is 3.00 bits per heavy atom. The van der Waals surface area contributed by atoms with Crippen LogP contribution in [0.5, 0.6) is 11.5 Å². The van der Waals surface area contributed by atoms with E-state index in [1.54, 1.807) is 12.1 Å². The van der Waals surface area contributed by atoms with E-state index >= 15 is 0 Å². The quantitative estimate of drug-likeness (QED) is 0.613. The number of nitrogens with one attached hydrogen (secondary N) is 1. The Morgan fingerprint density at radius 2 is 2.24 bits per heavy atom. The molecule has 1 N–H and O–H groups in total. The predicted octanol–water partition coefficient (Wildman–Crippen LogP) is 4.02. The van der Waals surface area contributed by atoms with Gasteiger partial charge >= 0.3 is 12.0 Å².